The Morgan fingerprint density at radius 1 is 0.966 bits per heavy atom. The number of hydrogen-bond acceptors (Lipinski definition) is 4. The van der Waals surface area contributed by atoms with Crippen molar-refractivity contribution < 1.29 is 4.79 Å². The summed E-state index contributed by atoms with van der Waals surface area (Å²) in [5, 5.41) is 5.87. The molecule has 2 saturated heterocycles. The molecule has 1 aromatic carbocycles. The number of aryl methyl sites for hydroxylation is 2. The van der Waals surface area contributed by atoms with Crippen LogP contribution in [0, 0.1) is 0 Å². The molecule has 1 aliphatic carbocycles. The molecule has 0 saturated carbocycles. The van der Waals surface area contributed by atoms with E-state index in [1.807, 2.05) is 22.4 Å². The van der Waals surface area contributed by atoms with Crippen LogP contribution >= 0.6 is 11.3 Å². The monoisotopic (exact) mass is 409 g/mol. The Morgan fingerprint density at radius 2 is 1.83 bits per heavy atom. The van der Waals surface area contributed by atoms with Gasteiger partial charge >= 0.3 is 0 Å². The first kappa shape index (κ1) is 19.1. The number of rotatable bonds is 4. The van der Waals surface area contributed by atoms with Gasteiger partial charge in [-0.15, -0.1) is 11.3 Å². The van der Waals surface area contributed by atoms with E-state index in [4.69, 9.17) is 0 Å². The number of benzene rings is 1. The second-order valence-corrected chi connectivity index (χ2v) is 9.75. The van der Waals surface area contributed by atoms with Crippen LogP contribution in [0.5, 0.6) is 0 Å². The molecule has 4 nitrogen and oxygen atoms in total. The summed E-state index contributed by atoms with van der Waals surface area (Å²) in [6.45, 7) is 4.00. The zero-order valence-electron chi connectivity index (χ0n) is 17.1. The van der Waals surface area contributed by atoms with Gasteiger partial charge in [-0.25, -0.2) is 0 Å². The topological polar surface area (TPSA) is 35.6 Å². The van der Waals surface area contributed by atoms with Gasteiger partial charge in [0.15, 0.2) is 0 Å². The van der Waals surface area contributed by atoms with Crippen LogP contribution in [-0.2, 0) is 12.8 Å². The first-order valence-electron chi connectivity index (χ1n) is 11.2. The van der Waals surface area contributed by atoms with E-state index in [0.717, 1.165) is 37.5 Å². The maximum Gasteiger partial charge on any atom is 0.263 e. The number of anilines is 1. The van der Waals surface area contributed by atoms with Crippen LogP contribution in [0.25, 0.3) is 0 Å². The van der Waals surface area contributed by atoms with Crippen molar-refractivity contribution in [1.29, 1.82) is 0 Å². The quantitative estimate of drug-likeness (QED) is 0.826. The number of thiophene rings is 1. The Morgan fingerprint density at radius 3 is 2.66 bits per heavy atom. The maximum absolute atomic E-state index is 12.7. The van der Waals surface area contributed by atoms with E-state index in [1.54, 1.807) is 22.5 Å². The number of likely N-dealkylation sites (tertiary alicyclic amines) is 1. The third-order valence-corrected chi connectivity index (χ3v) is 7.71. The lowest BCUT2D eigenvalue weighted by Gasteiger charge is -2.39. The third kappa shape index (κ3) is 4.22. The minimum absolute atomic E-state index is 0.206. The Bertz CT molecular complexity index is 842. The average Bonchev–Trinajstić information content (AvgIpc) is 3.45. The molecule has 2 aliphatic heterocycles. The van der Waals surface area contributed by atoms with E-state index in [1.165, 1.54) is 44.2 Å². The molecule has 5 heteroatoms. The minimum atomic E-state index is 0.206. The fourth-order valence-electron chi connectivity index (χ4n) is 5.25. The number of carbonyl (C=O) groups is 1. The molecule has 0 spiro atoms. The summed E-state index contributed by atoms with van der Waals surface area (Å²) < 4.78 is 0. The highest BCUT2D eigenvalue weighted by Crippen LogP contribution is 2.28. The van der Waals surface area contributed by atoms with Crippen LogP contribution in [0.15, 0.2) is 35.7 Å². The molecule has 2 aromatic rings. The molecule has 1 amide bonds. The molecule has 5 rings (SSSR count). The van der Waals surface area contributed by atoms with Crippen LogP contribution in [0.2, 0.25) is 0 Å². The predicted molar refractivity (Wildman–Crippen MR) is 120 cm³/mol. The molecule has 3 aliphatic rings. The van der Waals surface area contributed by atoms with Crippen LogP contribution in [0.1, 0.15) is 52.9 Å². The number of carbonyl (C=O) groups excluding carboxylic acids is 1. The predicted octanol–water partition coefficient (Wildman–Crippen LogP) is 4.10. The lowest BCUT2D eigenvalue weighted by atomic mass is 9.99. The summed E-state index contributed by atoms with van der Waals surface area (Å²) in [6, 6.07) is 12.0. The standard InChI is InChI=1S/C24H31N3OS/c28-24(23-7-3-15-29-23)27-12-2-6-21(17-27)25-20-10-13-26(14-11-20)22-9-8-18-4-1-5-19(18)16-22/h3,7-9,15-16,20-21,25H,1-2,4-6,10-14,17H2. The van der Waals surface area contributed by atoms with Crippen molar-refractivity contribution in [2.24, 2.45) is 0 Å². The van der Waals surface area contributed by atoms with E-state index >= 15 is 0 Å². The van der Waals surface area contributed by atoms with E-state index in [2.05, 4.69) is 28.4 Å². The highest BCUT2D eigenvalue weighted by molar-refractivity contribution is 7.12. The van der Waals surface area contributed by atoms with Gasteiger partial charge in [0.05, 0.1) is 4.88 Å². The summed E-state index contributed by atoms with van der Waals surface area (Å²) in [6.07, 6.45) is 8.48. The molecule has 2 fully saturated rings. The van der Waals surface area contributed by atoms with Crippen LogP contribution in [-0.4, -0.2) is 49.1 Å². The van der Waals surface area contributed by atoms with Gasteiger partial charge in [0.25, 0.3) is 5.91 Å². The molecular weight excluding hydrogens is 378 g/mol. The van der Waals surface area contributed by atoms with Crippen LogP contribution < -0.4 is 10.2 Å². The Balaban J connectivity index is 1.13. The first-order chi connectivity index (χ1) is 14.3. The number of amides is 1. The van der Waals surface area contributed by atoms with Gasteiger partial charge in [-0.1, -0.05) is 12.1 Å². The maximum atomic E-state index is 12.7. The lowest BCUT2D eigenvalue weighted by Crippen LogP contribution is -2.53. The lowest BCUT2D eigenvalue weighted by molar-refractivity contribution is 0.0692. The van der Waals surface area contributed by atoms with Crippen molar-refractivity contribution in [2.45, 2.75) is 57.0 Å². The van der Waals surface area contributed by atoms with E-state index in [0.29, 0.717) is 12.1 Å². The van der Waals surface area contributed by atoms with Crippen molar-refractivity contribution >= 4 is 22.9 Å². The van der Waals surface area contributed by atoms with Crippen LogP contribution in [0.4, 0.5) is 5.69 Å². The SMILES string of the molecule is O=C(c1cccs1)N1CCCC(NC2CCN(c3ccc4c(c3)CCC4)CC2)C1. The van der Waals surface area contributed by atoms with Crippen molar-refractivity contribution in [3.8, 4) is 0 Å². The van der Waals surface area contributed by atoms with Gasteiger partial charge in [-0.2, -0.15) is 0 Å². The summed E-state index contributed by atoms with van der Waals surface area (Å²) in [5.74, 6) is 0.206. The fraction of sp³-hybridized carbons (Fsp3) is 0.542. The zero-order valence-corrected chi connectivity index (χ0v) is 17.9. The zero-order chi connectivity index (χ0) is 19.6. The van der Waals surface area contributed by atoms with E-state index in [-0.39, 0.29) is 5.91 Å². The summed E-state index contributed by atoms with van der Waals surface area (Å²) in [5.41, 5.74) is 4.54. The number of nitrogens with zero attached hydrogens (tertiary/aromatic N) is 2. The molecule has 1 unspecified atom stereocenters. The largest absolute Gasteiger partial charge is 0.371 e. The van der Waals surface area contributed by atoms with Crippen molar-refractivity contribution in [3.63, 3.8) is 0 Å². The molecule has 1 N–H and O–H groups in total. The van der Waals surface area contributed by atoms with E-state index in [9.17, 15) is 4.79 Å². The minimum Gasteiger partial charge on any atom is -0.371 e. The summed E-state index contributed by atoms with van der Waals surface area (Å²) >= 11 is 1.55. The fourth-order valence-corrected chi connectivity index (χ4v) is 5.94. The molecule has 154 valence electrons. The van der Waals surface area contributed by atoms with Gasteiger partial charge < -0.3 is 15.1 Å². The van der Waals surface area contributed by atoms with Gasteiger partial charge in [0, 0.05) is 44.0 Å². The van der Waals surface area contributed by atoms with Gasteiger partial charge in [-0.05, 0) is 79.7 Å². The smallest absolute Gasteiger partial charge is 0.263 e. The number of piperidine rings is 2. The number of fused-ring (bicyclic) bond motifs is 1. The van der Waals surface area contributed by atoms with Gasteiger partial charge in [0.1, 0.15) is 0 Å². The molecule has 0 bridgehead atoms. The second-order valence-electron chi connectivity index (χ2n) is 8.80. The molecule has 1 aromatic heterocycles. The van der Waals surface area contributed by atoms with Crippen molar-refractivity contribution in [1.82, 2.24) is 10.2 Å². The number of hydrogen-bond donors (Lipinski definition) is 1. The van der Waals surface area contributed by atoms with Crippen molar-refractivity contribution in [3.05, 3.63) is 51.7 Å². The highest BCUT2D eigenvalue weighted by Gasteiger charge is 2.28. The average molecular weight is 410 g/mol. The highest BCUT2D eigenvalue weighted by atomic mass is 32.1. The third-order valence-electron chi connectivity index (χ3n) is 6.85. The molecule has 1 atom stereocenters. The second kappa shape index (κ2) is 8.49. The number of nitrogens with one attached hydrogen (secondary N) is 1. The van der Waals surface area contributed by atoms with Crippen LogP contribution in [0.3, 0.4) is 0 Å². The molecule has 0 radical (unpaired) electrons. The summed E-state index contributed by atoms with van der Waals surface area (Å²) in [7, 11) is 0. The van der Waals surface area contributed by atoms with E-state index < -0.39 is 0 Å². The first-order valence-corrected chi connectivity index (χ1v) is 12.1. The summed E-state index contributed by atoms with van der Waals surface area (Å²) in [4.78, 5) is 18.2. The molecule has 3 heterocycles. The Labute approximate surface area is 177 Å². The Kier molecular flexibility index (Phi) is 5.60. The molecule has 29 heavy (non-hydrogen) atoms. The van der Waals surface area contributed by atoms with Gasteiger partial charge in [-0.3, -0.25) is 4.79 Å². The van der Waals surface area contributed by atoms with Crippen molar-refractivity contribution in [2.75, 3.05) is 31.1 Å². The van der Waals surface area contributed by atoms with Gasteiger partial charge in [0.2, 0.25) is 0 Å². The normalized spacial score (nSPS) is 22.7. The Hall–Kier alpha value is -1.85. The molecular formula is C24H31N3OS.